The standard InChI is InChI=1S/C21H25N3OS/c1-5-10-23-21-24-13-19(26-21)18-7-6-11-22-20(18)17-9-8-16(12-15(17)4)25-14(2)3/h6-9,11-14H,5,10H2,1-4H3,(H,23,24). The molecule has 0 amide bonds. The predicted octanol–water partition coefficient (Wildman–Crippen LogP) is 5.79. The Morgan fingerprint density at radius 1 is 1.15 bits per heavy atom. The average Bonchev–Trinajstić information content (AvgIpc) is 3.08. The number of aryl methyl sites for hydroxylation is 1. The summed E-state index contributed by atoms with van der Waals surface area (Å²) in [5.41, 5.74) is 4.35. The van der Waals surface area contributed by atoms with E-state index in [1.54, 1.807) is 11.3 Å². The summed E-state index contributed by atoms with van der Waals surface area (Å²) in [4.78, 5) is 10.3. The molecule has 0 aliphatic rings. The summed E-state index contributed by atoms with van der Waals surface area (Å²) < 4.78 is 5.80. The third-order valence-corrected chi connectivity index (χ3v) is 4.92. The van der Waals surface area contributed by atoms with Crippen LogP contribution in [-0.4, -0.2) is 22.6 Å². The van der Waals surface area contributed by atoms with Gasteiger partial charge in [0.15, 0.2) is 5.13 Å². The van der Waals surface area contributed by atoms with Crippen molar-refractivity contribution in [2.75, 3.05) is 11.9 Å². The molecule has 26 heavy (non-hydrogen) atoms. The van der Waals surface area contributed by atoms with Crippen molar-refractivity contribution < 1.29 is 4.74 Å². The Morgan fingerprint density at radius 3 is 2.73 bits per heavy atom. The number of anilines is 1. The predicted molar refractivity (Wildman–Crippen MR) is 110 cm³/mol. The molecule has 3 aromatic rings. The van der Waals surface area contributed by atoms with Gasteiger partial charge in [-0.25, -0.2) is 4.98 Å². The van der Waals surface area contributed by atoms with E-state index in [1.165, 1.54) is 0 Å². The van der Waals surface area contributed by atoms with Crippen LogP contribution in [-0.2, 0) is 0 Å². The molecule has 1 N–H and O–H groups in total. The van der Waals surface area contributed by atoms with Crippen LogP contribution in [0.4, 0.5) is 5.13 Å². The summed E-state index contributed by atoms with van der Waals surface area (Å²) in [6.45, 7) is 9.25. The maximum atomic E-state index is 5.80. The number of nitrogens with one attached hydrogen (secondary N) is 1. The maximum absolute atomic E-state index is 5.80. The summed E-state index contributed by atoms with van der Waals surface area (Å²) in [5.74, 6) is 0.891. The molecular formula is C21H25N3OS. The van der Waals surface area contributed by atoms with Gasteiger partial charge in [-0.15, -0.1) is 0 Å². The highest BCUT2D eigenvalue weighted by Crippen LogP contribution is 2.37. The molecule has 0 saturated carbocycles. The fourth-order valence-electron chi connectivity index (χ4n) is 2.78. The number of thiazole rings is 1. The molecule has 1 aromatic carbocycles. The summed E-state index contributed by atoms with van der Waals surface area (Å²) in [6, 6.07) is 10.3. The molecule has 0 bridgehead atoms. The summed E-state index contributed by atoms with van der Waals surface area (Å²) in [6.07, 6.45) is 5.01. The average molecular weight is 368 g/mol. The highest BCUT2D eigenvalue weighted by molar-refractivity contribution is 7.18. The molecule has 2 aromatic heterocycles. The number of hydrogen-bond donors (Lipinski definition) is 1. The Hall–Kier alpha value is -2.40. The number of pyridine rings is 1. The SMILES string of the molecule is CCCNc1ncc(-c2cccnc2-c2ccc(OC(C)C)cc2C)s1. The second-order valence-corrected chi connectivity index (χ2v) is 7.53. The molecule has 0 atom stereocenters. The molecule has 4 nitrogen and oxygen atoms in total. The molecule has 0 fully saturated rings. The molecular weight excluding hydrogens is 342 g/mol. The van der Waals surface area contributed by atoms with Crippen LogP contribution in [0.25, 0.3) is 21.7 Å². The zero-order chi connectivity index (χ0) is 18.5. The minimum Gasteiger partial charge on any atom is -0.491 e. The van der Waals surface area contributed by atoms with Gasteiger partial charge in [0, 0.05) is 30.1 Å². The van der Waals surface area contributed by atoms with Crippen molar-refractivity contribution in [3.05, 3.63) is 48.3 Å². The Labute approximate surface area is 159 Å². The molecule has 0 aliphatic heterocycles. The molecule has 5 heteroatoms. The van der Waals surface area contributed by atoms with E-state index < -0.39 is 0 Å². The van der Waals surface area contributed by atoms with Gasteiger partial charge in [-0.1, -0.05) is 18.3 Å². The first-order chi connectivity index (χ1) is 12.6. The fourth-order valence-corrected chi connectivity index (χ4v) is 3.65. The van der Waals surface area contributed by atoms with Crippen LogP contribution < -0.4 is 10.1 Å². The zero-order valence-electron chi connectivity index (χ0n) is 15.7. The van der Waals surface area contributed by atoms with Gasteiger partial charge in [0.2, 0.25) is 0 Å². The molecule has 0 spiro atoms. The highest BCUT2D eigenvalue weighted by atomic mass is 32.1. The second-order valence-electron chi connectivity index (χ2n) is 6.50. The highest BCUT2D eigenvalue weighted by Gasteiger charge is 2.14. The molecule has 3 rings (SSSR count). The van der Waals surface area contributed by atoms with E-state index in [9.17, 15) is 0 Å². The Balaban J connectivity index is 1.96. The number of ether oxygens (including phenoxy) is 1. The van der Waals surface area contributed by atoms with Crippen molar-refractivity contribution in [3.8, 4) is 27.4 Å². The van der Waals surface area contributed by atoms with Crippen LogP contribution in [0.3, 0.4) is 0 Å². The number of aromatic nitrogens is 2. The fraction of sp³-hybridized carbons (Fsp3) is 0.333. The van der Waals surface area contributed by atoms with E-state index in [4.69, 9.17) is 4.74 Å². The Bertz CT molecular complexity index is 873. The Kier molecular flexibility index (Phi) is 5.89. The monoisotopic (exact) mass is 367 g/mol. The first kappa shape index (κ1) is 18.4. The smallest absolute Gasteiger partial charge is 0.183 e. The molecule has 0 unspecified atom stereocenters. The number of benzene rings is 1. The topological polar surface area (TPSA) is 47.0 Å². The van der Waals surface area contributed by atoms with Crippen LogP contribution >= 0.6 is 11.3 Å². The van der Waals surface area contributed by atoms with Crippen LogP contribution in [0.1, 0.15) is 32.8 Å². The third-order valence-electron chi connectivity index (χ3n) is 3.93. The molecule has 0 saturated heterocycles. The lowest BCUT2D eigenvalue weighted by molar-refractivity contribution is 0.242. The number of rotatable bonds is 7. The van der Waals surface area contributed by atoms with Crippen molar-refractivity contribution in [1.29, 1.82) is 0 Å². The van der Waals surface area contributed by atoms with E-state index >= 15 is 0 Å². The van der Waals surface area contributed by atoms with Gasteiger partial charge in [-0.05, 0) is 63.1 Å². The van der Waals surface area contributed by atoms with Gasteiger partial charge in [0.1, 0.15) is 5.75 Å². The summed E-state index contributed by atoms with van der Waals surface area (Å²) in [5, 5.41) is 4.30. The van der Waals surface area contributed by atoms with Gasteiger partial charge < -0.3 is 10.1 Å². The molecule has 2 heterocycles. The minimum atomic E-state index is 0.164. The molecule has 0 radical (unpaired) electrons. The first-order valence-electron chi connectivity index (χ1n) is 9.01. The normalized spacial score (nSPS) is 11.0. The lowest BCUT2D eigenvalue weighted by Gasteiger charge is -2.13. The van der Waals surface area contributed by atoms with E-state index in [0.29, 0.717) is 0 Å². The van der Waals surface area contributed by atoms with E-state index in [0.717, 1.165) is 51.1 Å². The number of nitrogens with zero attached hydrogens (tertiary/aromatic N) is 2. The van der Waals surface area contributed by atoms with Crippen LogP contribution in [0, 0.1) is 6.92 Å². The second kappa shape index (κ2) is 8.32. The van der Waals surface area contributed by atoms with Gasteiger partial charge >= 0.3 is 0 Å². The van der Waals surface area contributed by atoms with Gasteiger partial charge in [0.25, 0.3) is 0 Å². The quantitative estimate of drug-likeness (QED) is 0.574. The van der Waals surface area contributed by atoms with Gasteiger partial charge in [-0.2, -0.15) is 0 Å². The van der Waals surface area contributed by atoms with Gasteiger partial charge in [0.05, 0.1) is 16.7 Å². The molecule has 136 valence electrons. The van der Waals surface area contributed by atoms with Crippen molar-refractivity contribution >= 4 is 16.5 Å². The van der Waals surface area contributed by atoms with Crippen molar-refractivity contribution in [3.63, 3.8) is 0 Å². The van der Waals surface area contributed by atoms with E-state index in [2.05, 4.69) is 47.3 Å². The zero-order valence-corrected chi connectivity index (χ0v) is 16.6. The van der Waals surface area contributed by atoms with E-state index in [-0.39, 0.29) is 6.10 Å². The lowest BCUT2D eigenvalue weighted by atomic mass is 10.0. The van der Waals surface area contributed by atoms with Crippen molar-refractivity contribution in [2.24, 2.45) is 0 Å². The third kappa shape index (κ3) is 4.22. The summed E-state index contributed by atoms with van der Waals surface area (Å²) in [7, 11) is 0. The first-order valence-corrected chi connectivity index (χ1v) is 9.83. The lowest BCUT2D eigenvalue weighted by Crippen LogP contribution is -2.05. The minimum absolute atomic E-state index is 0.164. The van der Waals surface area contributed by atoms with Crippen molar-refractivity contribution in [2.45, 2.75) is 40.2 Å². The molecule has 0 aliphatic carbocycles. The van der Waals surface area contributed by atoms with Crippen LogP contribution in [0.2, 0.25) is 0 Å². The maximum Gasteiger partial charge on any atom is 0.183 e. The van der Waals surface area contributed by atoms with Crippen molar-refractivity contribution in [1.82, 2.24) is 9.97 Å². The largest absolute Gasteiger partial charge is 0.491 e. The van der Waals surface area contributed by atoms with Crippen LogP contribution in [0.15, 0.2) is 42.7 Å². The summed E-state index contributed by atoms with van der Waals surface area (Å²) >= 11 is 1.67. The number of hydrogen-bond acceptors (Lipinski definition) is 5. The van der Waals surface area contributed by atoms with Gasteiger partial charge in [-0.3, -0.25) is 4.98 Å². The Morgan fingerprint density at radius 2 is 2.00 bits per heavy atom. The van der Waals surface area contributed by atoms with Crippen LogP contribution in [0.5, 0.6) is 5.75 Å². The van der Waals surface area contributed by atoms with E-state index in [1.807, 2.05) is 38.4 Å².